The molecule has 0 saturated heterocycles. The summed E-state index contributed by atoms with van der Waals surface area (Å²) in [7, 11) is 0. The zero-order valence-electron chi connectivity index (χ0n) is 12.2. The molecule has 106 valence electrons. The minimum atomic E-state index is -1.07. The van der Waals surface area contributed by atoms with E-state index in [2.05, 4.69) is 6.58 Å². The second kappa shape index (κ2) is 5.43. The summed E-state index contributed by atoms with van der Waals surface area (Å²) in [6.07, 6.45) is 5.67. The number of aldehydes is 1. The average Bonchev–Trinajstić information content (AvgIpc) is 2.27. The predicted octanol–water partition coefficient (Wildman–Crippen LogP) is 2.40. The van der Waals surface area contributed by atoms with Gasteiger partial charge in [-0.2, -0.15) is 0 Å². The summed E-state index contributed by atoms with van der Waals surface area (Å²) < 4.78 is 0. The van der Waals surface area contributed by atoms with E-state index >= 15 is 0 Å². The highest BCUT2D eigenvalue weighted by Crippen LogP contribution is 2.43. The van der Waals surface area contributed by atoms with E-state index in [0.717, 1.165) is 17.4 Å². The van der Waals surface area contributed by atoms with E-state index in [1.807, 2.05) is 26.8 Å². The van der Waals surface area contributed by atoms with E-state index < -0.39 is 17.6 Å². The molecule has 0 heterocycles. The van der Waals surface area contributed by atoms with Crippen molar-refractivity contribution in [2.45, 2.75) is 45.8 Å². The topological polar surface area (TPSA) is 57.5 Å². The van der Waals surface area contributed by atoms with Crippen LogP contribution in [0.2, 0.25) is 0 Å². The maximum absolute atomic E-state index is 11.1. The molecule has 19 heavy (non-hydrogen) atoms. The minimum Gasteiger partial charge on any atom is -0.392 e. The van der Waals surface area contributed by atoms with Crippen molar-refractivity contribution in [3.63, 3.8) is 0 Å². The van der Waals surface area contributed by atoms with Crippen molar-refractivity contribution in [3.8, 4) is 0 Å². The lowest BCUT2D eigenvalue weighted by molar-refractivity contribution is -0.113. The Morgan fingerprint density at radius 2 is 2.05 bits per heavy atom. The summed E-state index contributed by atoms with van der Waals surface area (Å²) in [4.78, 5) is 11.1. The molecule has 3 nitrogen and oxygen atoms in total. The van der Waals surface area contributed by atoms with Crippen molar-refractivity contribution in [1.29, 1.82) is 0 Å². The second-order valence-electron chi connectivity index (χ2n) is 6.18. The van der Waals surface area contributed by atoms with Crippen LogP contribution >= 0.6 is 0 Å². The standard InChI is InChI=1S/C16H24O3/c1-6-16(5,19)8-7-13-11(2)12(10-17)14(18)9-15(13,3)4/h6-8,10,12,14,18-19H,1,9H2,2-5H3. The molecule has 1 aliphatic carbocycles. The summed E-state index contributed by atoms with van der Waals surface area (Å²) in [5.41, 5.74) is 0.569. The lowest BCUT2D eigenvalue weighted by atomic mass is 9.67. The number of allylic oxidation sites excluding steroid dienone is 2. The lowest BCUT2D eigenvalue weighted by Gasteiger charge is -2.39. The highest BCUT2D eigenvalue weighted by atomic mass is 16.3. The van der Waals surface area contributed by atoms with E-state index in [4.69, 9.17) is 0 Å². The summed E-state index contributed by atoms with van der Waals surface area (Å²) in [6.45, 7) is 11.2. The molecule has 0 aromatic heterocycles. The Balaban J connectivity index is 3.23. The Morgan fingerprint density at radius 1 is 1.47 bits per heavy atom. The first-order chi connectivity index (χ1) is 8.64. The molecule has 0 spiro atoms. The number of aliphatic hydroxyl groups is 2. The minimum absolute atomic E-state index is 0.225. The van der Waals surface area contributed by atoms with Gasteiger partial charge in [-0.15, -0.1) is 0 Å². The Bertz CT molecular complexity index is 427. The molecule has 0 saturated carbocycles. The Morgan fingerprint density at radius 3 is 2.53 bits per heavy atom. The normalized spacial score (nSPS) is 30.2. The number of carbonyl (C=O) groups excluding carboxylic acids is 1. The molecule has 0 aromatic carbocycles. The van der Waals surface area contributed by atoms with Crippen LogP contribution in [0.25, 0.3) is 0 Å². The molecule has 0 aliphatic heterocycles. The van der Waals surface area contributed by atoms with Crippen LogP contribution in [0.15, 0.2) is 36.0 Å². The van der Waals surface area contributed by atoms with E-state index in [9.17, 15) is 15.0 Å². The zero-order valence-corrected chi connectivity index (χ0v) is 12.2. The highest BCUT2D eigenvalue weighted by Gasteiger charge is 2.37. The van der Waals surface area contributed by atoms with Gasteiger partial charge >= 0.3 is 0 Å². The molecule has 2 N–H and O–H groups in total. The predicted molar refractivity (Wildman–Crippen MR) is 76.6 cm³/mol. The molecule has 1 aliphatic rings. The lowest BCUT2D eigenvalue weighted by Crippen LogP contribution is -2.36. The van der Waals surface area contributed by atoms with Gasteiger partial charge in [-0.25, -0.2) is 0 Å². The van der Waals surface area contributed by atoms with Crippen molar-refractivity contribution >= 4 is 6.29 Å². The quantitative estimate of drug-likeness (QED) is 0.605. The number of carbonyl (C=O) groups is 1. The van der Waals surface area contributed by atoms with E-state index in [1.165, 1.54) is 6.08 Å². The Hall–Kier alpha value is -1.19. The third kappa shape index (κ3) is 3.43. The van der Waals surface area contributed by atoms with Crippen LogP contribution in [-0.2, 0) is 4.79 Å². The van der Waals surface area contributed by atoms with Gasteiger partial charge in [0.05, 0.1) is 17.6 Å². The molecule has 0 radical (unpaired) electrons. The molecule has 0 fully saturated rings. The molecule has 3 atom stereocenters. The third-order valence-corrected chi connectivity index (χ3v) is 3.94. The van der Waals surface area contributed by atoms with Crippen LogP contribution < -0.4 is 0 Å². The SMILES string of the molecule is C=CC(C)(O)C=CC1=C(C)C(C=O)C(O)CC1(C)C. The summed E-state index contributed by atoms with van der Waals surface area (Å²) in [5.74, 6) is -0.457. The van der Waals surface area contributed by atoms with Crippen molar-refractivity contribution in [3.05, 3.63) is 36.0 Å². The maximum Gasteiger partial charge on any atom is 0.129 e. The van der Waals surface area contributed by atoms with Gasteiger partial charge < -0.3 is 15.0 Å². The summed E-state index contributed by atoms with van der Waals surface area (Å²) in [6, 6.07) is 0. The molecule has 0 aromatic rings. The molecular formula is C16H24O3. The van der Waals surface area contributed by atoms with Gasteiger partial charge in [0.1, 0.15) is 6.29 Å². The largest absolute Gasteiger partial charge is 0.392 e. The van der Waals surface area contributed by atoms with Gasteiger partial charge in [0.15, 0.2) is 0 Å². The first-order valence-corrected chi connectivity index (χ1v) is 6.54. The van der Waals surface area contributed by atoms with Gasteiger partial charge in [-0.3, -0.25) is 0 Å². The Kier molecular flexibility index (Phi) is 4.54. The highest BCUT2D eigenvalue weighted by molar-refractivity contribution is 5.62. The van der Waals surface area contributed by atoms with Gasteiger partial charge in [0, 0.05) is 0 Å². The molecule has 0 bridgehead atoms. The van der Waals surface area contributed by atoms with Crippen LogP contribution in [0.5, 0.6) is 0 Å². The van der Waals surface area contributed by atoms with E-state index in [1.54, 1.807) is 13.0 Å². The van der Waals surface area contributed by atoms with Crippen LogP contribution in [0.1, 0.15) is 34.1 Å². The van der Waals surface area contributed by atoms with Crippen molar-refractivity contribution in [1.82, 2.24) is 0 Å². The van der Waals surface area contributed by atoms with Crippen LogP contribution in [0.3, 0.4) is 0 Å². The molecule has 0 amide bonds. The molecule has 3 heteroatoms. The van der Waals surface area contributed by atoms with Gasteiger partial charge in [-0.05, 0) is 37.3 Å². The van der Waals surface area contributed by atoms with Gasteiger partial charge in [0.2, 0.25) is 0 Å². The van der Waals surface area contributed by atoms with Crippen LogP contribution in [-0.4, -0.2) is 28.2 Å². The molecular weight excluding hydrogens is 240 g/mol. The Labute approximate surface area is 115 Å². The fourth-order valence-electron chi connectivity index (χ4n) is 2.63. The average molecular weight is 264 g/mol. The molecule has 1 rings (SSSR count). The summed E-state index contributed by atoms with van der Waals surface area (Å²) in [5, 5.41) is 20.0. The first kappa shape index (κ1) is 15.9. The number of aliphatic hydroxyl groups excluding tert-OH is 1. The smallest absolute Gasteiger partial charge is 0.129 e. The second-order valence-corrected chi connectivity index (χ2v) is 6.18. The zero-order chi connectivity index (χ0) is 14.8. The van der Waals surface area contributed by atoms with E-state index in [-0.39, 0.29) is 5.41 Å². The maximum atomic E-state index is 11.1. The number of hydrogen-bond donors (Lipinski definition) is 2. The van der Waals surface area contributed by atoms with Crippen molar-refractivity contribution in [2.24, 2.45) is 11.3 Å². The third-order valence-electron chi connectivity index (χ3n) is 3.94. The fourth-order valence-corrected chi connectivity index (χ4v) is 2.63. The fraction of sp³-hybridized carbons (Fsp3) is 0.562. The summed E-state index contributed by atoms with van der Waals surface area (Å²) >= 11 is 0. The number of hydrogen-bond acceptors (Lipinski definition) is 3. The van der Waals surface area contributed by atoms with Crippen molar-refractivity contribution in [2.75, 3.05) is 0 Å². The van der Waals surface area contributed by atoms with E-state index in [0.29, 0.717) is 6.42 Å². The molecule has 3 unspecified atom stereocenters. The number of rotatable bonds is 4. The van der Waals surface area contributed by atoms with Crippen LogP contribution in [0.4, 0.5) is 0 Å². The van der Waals surface area contributed by atoms with Crippen LogP contribution in [0, 0.1) is 11.3 Å². The van der Waals surface area contributed by atoms with Crippen molar-refractivity contribution < 1.29 is 15.0 Å². The van der Waals surface area contributed by atoms with Gasteiger partial charge in [0.25, 0.3) is 0 Å². The monoisotopic (exact) mass is 264 g/mol. The van der Waals surface area contributed by atoms with Gasteiger partial charge in [-0.1, -0.05) is 38.2 Å². The first-order valence-electron chi connectivity index (χ1n) is 6.54.